The van der Waals surface area contributed by atoms with Crippen LogP contribution < -0.4 is 0 Å². The first-order valence-corrected chi connectivity index (χ1v) is 7.22. The monoisotopic (exact) mass is 293 g/mol. The van der Waals surface area contributed by atoms with Crippen molar-refractivity contribution in [3.63, 3.8) is 0 Å². The van der Waals surface area contributed by atoms with Gasteiger partial charge in [-0.15, -0.1) is 0 Å². The predicted octanol–water partition coefficient (Wildman–Crippen LogP) is 2.02. The van der Waals surface area contributed by atoms with Crippen LogP contribution in [0.5, 0.6) is 0 Å². The molecule has 0 saturated carbocycles. The van der Waals surface area contributed by atoms with Crippen molar-refractivity contribution in [2.75, 3.05) is 6.61 Å². The van der Waals surface area contributed by atoms with E-state index >= 15 is 0 Å². The highest BCUT2D eigenvalue weighted by atomic mass is 16.5. The van der Waals surface area contributed by atoms with Gasteiger partial charge in [-0.2, -0.15) is 0 Å². The highest BCUT2D eigenvalue weighted by Crippen LogP contribution is 2.26. The molecule has 1 aliphatic rings. The van der Waals surface area contributed by atoms with Crippen LogP contribution in [0.25, 0.3) is 0 Å². The Morgan fingerprint density at radius 1 is 1.43 bits per heavy atom. The first-order chi connectivity index (χ1) is 9.96. The second-order valence-electron chi connectivity index (χ2n) is 5.11. The molecule has 0 spiro atoms. The van der Waals surface area contributed by atoms with Crippen molar-refractivity contribution in [3.8, 4) is 0 Å². The smallest absolute Gasteiger partial charge is 0.337 e. The number of ether oxygens (including phenoxy) is 1. The van der Waals surface area contributed by atoms with Gasteiger partial charge in [-0.25, -0.2) is 4.79 Å². The summed E-state index contributed by atoms with van der Waals surface area (Å²) in [6.45, 7) is 7.43. The van der Waals surface area contributed by atoms with E-state index < -0.39 is 17.8 Å². The van der Waals surface area contributed by atoms with Gasteiger partial charge in [0.2, 0.25) is 5.91 Å². The quantitative estimate of drug-likeness (QED) is 0.237. The van der Waals surface area contributed by atoms with E-state index in [1.165, 1.54) is 11.0 Å². The third kappa shape index (κ3) is 4.03. The summed E-state index contributed by atoms with van der Waals surface area (Å²) < 4.78 is 5.17. The molecule has 5 heteroatoms. The van der Waals surface area contributed by atoms with E-state index in [9.17, 15) is 14.4 Å². The summed E-state index contributed by atoms with van der Waals surface area (Å²) in [4.78, 5) is 37.5. The summed E-state index contributed by atoms with van der Waals surface area (Å²) >= 11 is 0. The minimum absolute atomic E-state index is 0.0629. The first-order valence-electron chi connectivity index (χ1n) is 7.22. The molecular formula is C16H23NO4. The van der Waals surface area contributed by atoms with Gasteiger partial charge in [0.25, 0.3) is 0 Å². The largest absolute Gasteiger partial charge is 0.459 e. The maximum absolute atomic E-state index is 12.2. The van der Waals surface area contributed by atoms with E-state index in [2.05, 4.69) is 0 Å². The topological polar surface area (TPSA) is 63.7 Å². The Balaban J connectivity index is 2.89. The molecule has 5 nitrogen and oxygen atoms in total. The van der Waals surface area contributed by atoms with E-state index in [1.807, 2.05) is 26.8 Å². The van der Waals surface area contributed by atoms with Crippen LogP contribution in [0.1, 0.15) is 40.5 Å². The number of allylic oxidation sites excluding steroid dienone is 2. The molecule has 0 aromatic carbocycles. The lowest BCUT2D eigenvalue weighted by atomic mass is 9.94. The molecule has 1 heterocycles. The molecule has 1 saturated heterocycles. The van der Waals surface area contributed by atoms with E-state index in [0.717, 1.165) is 5.57 Å². The van der Waals surface area contributed by atoms with Gasteiger partial charge >= 0.3 is 5.97 Å². The molecule has 1 aliphatic heterocycles. The van der Waals surface area contributed by atoms with Crippen LogP contribution in [0.2, 0.25) is 0 Å². The number of likely N-dealkylation sites (tertiary alicyclic amines) is 1. The van der Waals surface area contributed by atoms with Crippen molar-refractivity contribution in [1.82, 2.24) is 4.90 Å². The lowest BCUT2D eigenvalue weighted by molar-refractivity contribution is -0.167. The predicted molar refractivity (Wildman–Crippen MR) is 79.5 cm³/mol. The fourth-order valence-electron chi connectivity index (χ4n) is 2.16. The lowest BCUT2D eigenvalue weighted by Crippen LogP contribution is -2.62. The molecule has 0 aromatic heterocycles. The number of amides is 1. The molecule has 0 aromatic rings. The van der Waals surface area contributed by atoms with Crippen molar-refractivity contribution in [3.05, 3.63) is 23.8 Å². The maximum atomic E-state index is 12.2. The zero-order valence-corrected chi connectivity index (χ0v) is 13.1. The Bertz CT molecular complexity index is 479. The van der Waals surface area contributed by atoms with Gasteiger partial charge < -0.3 is 9.64 Å². The molecular weight excluding hydrogens is 270 g/mol. The minimum atomic E-state index is -1.16. The van der Waals surface area contributed by atoms with Crippen molar-refractivity contribution in [2.45, 2.75) is 52.6 Å². The van der Waals surface area contributed by atoms with Crippen LogP contribution >= 0.6 is 0 Å². The number of carbonyl (C=O) groups excluding carboxylic acids is 3. The van der Waals surface area contributed by atoms with Crippen LogP contribution in [-0.4, -0.2) is 41.3 Å². The summed E-state index contributed by atoms with van der Waals surface area (Å²) in [5.74, 6) is -1.25. The van der Waals surface area contributed by atoms with Crippen LogP contribution in [0, 0.1) is 0 Å². The molecule has 1 amide bonds. The molecule has 2 unspecified atom stereocenters. The van der Waals surface area contributed by atoms with E-state index in [1.54, 1.807) is 13.0 Å². The van der Waals surface area contributed by atoms with E-state index in [0.29, 0.717) is 12.8 Å². The highest BCUT2D eigenvalue weighted by molar-refractivity contribution is 6.11. The molecule has 0 bridgehead atoms. The SMILES string of the molecule is CC=C(C)COC(=O)C(C(=O)/C=C/C)N1C(=O)CC1CC. The number of hydrogen-bond acceptors (Lipinski definition) is 4. The summed E-state index contributed by atoms with van der Waals surface area (Å²) in [6, 6.07) is -1.22. The van der Waals surface area contributed by atoms with E-state index in [-0.39, 0.29) is 18.6 Å². The number of hydrogen-bond donors (Lipinski definition) is 0. The second-order valence-corrected chi connectivity index (χ2v) is 5.11. The maximum Gasteiger partial charge on any atom is 0.337 e. The molecule has 0 N–H and O–H groups in total. The highest BCUT2D eigenvalue weighted by Gasteiger charge is 2.46. The van der Waals surface area contributed by atoms with Gasteiger partial charge in [0.05, 0.1) is 0 Å². The number of β-lactam (4-membered cyclic amide) rings is 1. The summed E-state index contributed by atoms with van der Waals surface area (Å²) in [7, 11) is 0. The van der Waals surface area contributed by atoms with Crippen molar-refractivity contribution in [2.24, 2.45) is 0 Å². The van der Waals surface area contributed by atoms with Gasteiger partial charge in [-0.05, 0) is 38.8 Å². The fourth-order valence-corrected chi connectivity index (χ4v) is 2.16. The Labute approximate surface area is 125 Å². The summed E-state index contributed by atoms with van der Waals surface area (Å²) in [5, 5.41) is 0. The first kappa shape index (κ1) is 17.1. The second kappa shape index (κ2) is 7.76. The molecule has 21 heavy (non-hydrogen) atoms. The van der Waals surface area contributed by atoms with Gasteiger partial charge in [0.15, 0.2) is 11.8 Å². The Morgan fingerprint density at radius 3 is 2.57 bits per heavy atom. The van der Waals surface area contributed by atoms with Crippen LogP contribution in [0.3, 0.4) is 0 Å². The fraction of sp³-hybridized carbons (Fsp3) is 0.562. The normalized spacial score (nSPS) is 20.4. The standard InChI is InChI=1S/C16H23NO4/c1-5-8-13(18)15(16(20)21-10-11(4)6-2)17-12(7-3)9-14(17)19/h5-6,8,12,15H,7,9-10H2,1-4H3/b8-5+,11-6?. The van der Waals surface area contributed by atoms with Crippen LogP contribution in [-0.2, 0) is 19.1 Å². The Hall–Kier alpha value is -1.91. The molecule has 1 rings (SSSR count). The lowest BCUT2D eigenvalue weighted by Gasteiger charge is -2.43. The third-order valence-corrected chi connectivity index (χ3v) is 3.60. The number of carbonyl (C=O) groups is 3. The van der Waals surface area contributed by atoms with Crippen molar-refractivity contribution in [1.29, 1.82) is 0 Å². The van der Waals surface area contributed by atoms with Crippen molar-refractivity contribution < 1.29 is 19.1 Å². The molecule has 2 atom stereocenters. The average Bonchev–Trinajstić information content (AvgIpc) is 2.46. The summed E-state index contributed by atoms with van der Waals surface area (Å²) in [6.07, 6.45) is 5.81. The number of ketones is 1. The number of nitrogens with zero attached hydrogens (tertiary/aromatic N) is 1. The number of rotatable bonds is 7. The molecule has 0 aliphatic carbocycles. The third-order valence-electron chi connectivity index (χ3n) is 3.60. The van der Waals surface area contributed by atoms with Crippen molar-refractivity contribution >= 4 is 17.7 Å². The zero-order valence-electron chi connectivity index (χ0n) is 13.1. The zero-order chi connectivity index (χ0) is 16.0. The van der Waals surface area contributed by atoms with E-state index in [4.69, 9.17) is 4.74 Å². The average molecular weight is 293 g/mol. The molecule has 0 radical (unpaired) electrons. The Morgan fingerprint density at radius 2 is 2.10 bits per heavy atom. The minimum Gasteiger partial charge on any atom is -0.459 e. The van der Waals surface area contributed by atoms with Gasteiger partial charge in [-0.3, -0.25) is 9.59 Å². The molecule has 1 fully saturated rings. The Kier molecular flexibility index (Phi) is 6.34. The number of esters is 1. The van der Waals surface area contributed by atoms with Gasteiger partial charge in [-0.1, -0.05) is 19.1 Å². The summed E-state index contributed by atoms with van der Waals surface area (Å²) in [5.41, 5.74) is 0.891. The molecule has 116 valence electrons. The van der Waals surface area contributed by atoms with Crippen LogP contribution in [0.4, 0.5) is 0 Å². The van der Waals surface area contributed by atoms with Crippen LogP contribution in [0.15, 0.2) is 23.8 Å². The van der Waals surface area contributed by atoms with Gasteiger partial charge in [0, 0.05) is 12.5 Å². The van der Waals surface area contributed by atoms with Gasteiger partial charge in [0.1, 0.15) is 6.61 Å².